The Kier molecular flexibility index (Phi) is 5.99. The van der Waals surface area contributed by atoms with Crippen molar-refractivity contribution in [2.24, 2.45) is 0 Å². The second kappa shape index (κ2) is 8.80. The molecule has 0 aliphatic rings. The number of benzene rings is 2. The fraction of sp³-hybridized carbons (Fsp3) is 0.130. The molecule has 0 saturated carbocycles. The molecule has 10 nitrogen and oxygen atoms in total. The fourth-order valence-corrected chi connectivity index (χ4v) is 4.38. The van der Waals surface area contributed by atoms with Gasteiger partial charge in [0.05, 0.1) is 17.7 Å². The molecule has 0 aliphatic heterocycles. The van der Waals surface area contributed by atoms with Crippen molar-refractivity contribution in [3.05, 3.63) is 97.8 Å². The number of halogens is 1. The van der Waals surface area contributed by atoms with Crippen molar-refractivity contribution in [3.63, 3.8) is 0 Å². The van der Waals surface area contributed by atoms with Crippen LogP contribution in [0.3, 0.4) is 0 Å². The van der Waals surface area contributed by atoms with Crippen molar-refractivity contribution in [2.75, 3.05) is 6.26 Å². The molecule has 2 heterocycles. The van der Waals surface area contributed by atoms with Crippen LogP contribution in [0.1, 0.15) is 21.6 Å². The van der Waals surface area contributed by atoms with E-state index in [-0.39, 0.29) is 34.6 Å². The average Bonchev–Trinajstić information content (AvgIpc) is 3.07. The van der Waals surface area contributed by atoms with Crippen LogP contribution >= 0.6 is 0 Å². The molecular formula is C23H19FN4O6S. The van der Waals surface area contributed by atoms with Crippen LogP contribution < -0.4 is 10.3 Å². The summed E-state index contributed by atoms with van der Waals surface area (Å²) >= 11 is 0. The number of pyridine rings is 1. The van der Waals surface area contributed by atoms with Gasteiger partial charge in [-0.3, -0.25) is 19.7 Å². The maximum absolute atomic E-state index is 14.7. The predicted molar refractivity (Wildman–Crippen MR) is 127 cm³/mol. The van der Waals surface area contributed by atoms with E-state index in [1.165, 1.54) is 16.8 Å². The number of nitrogens with one attached hydrogen (secondary N) is 2. The highest BCUT2D eigenvalue weighted by atomic mass is 32.2. The van der Waals surface area contributed by atoms with Gasteiger partial charge < -0.3 is 9.55 Å². The molecule has 0 atom stereocenters. The minimum atomic E-state index is -4.00. The summed E-state index contributed by atoms with van der Waals surface area (Å²) < 4.78 is 41.7. The molecule has 0 spiro atoms. The molecule has 0 fully saturated rings. The number of rotatable bonds is 6. The van der Waals surface area contributed by atoms with Crippen molar-refractivity contribution in [2.45, 2.75) is 13.5 Å². The van der Waals surface area contributed by atoms with Crippen LogP contribution in [0.2, 0.25) is 0 Å². The third-order valence-electron chi connectivity index (χ3n) is 5.37. The molecule has 180 valence electrons. The summed E-state index contributed by atoms with van der Waals surface area (Å²) in [6.45, 7) is 1.45. The quantitative estimate of drug-likeness (QED) is 0.309. The molecule has 0 bridgehead atoms. The van der Waals surface area contributed by atoms with Crippen LogP contribution in [0, 0.1) is 22.9 Å². The predicted octanol–water partition coefficient (Wildman–Crippen LogP) is 3.09. The standard InChI is InChI=1S/C23H19FN4O6S/c1-13-5-8-19-17(10-13)20(16-4-3-9-25-22(16)29)21(23(30)26-35(2,33)34)27(19)12-14-11-15(28(31)32)6-7-18(14)24/h3-11H,12H2,1-2H3,(H,25,29)(H,26,30). The number of amides is 1. The maximum Gasteiger partial charge on any atom is 0.282 e. The van der Waals surface area contributed by atoms with Gasteiger partial charge >= 0.3 is 0 Å². The Morgan fingerprint density at radius 3 is 2.60 bits per heavy atom. The molecule has 4 rings (SSSR count). The SMILES string of the molecule is Cc1ccc2c(c1)c(-c1ccc[nH]c1=O)c(C(=O)NS(C)(=O)=O)n2Cc1cc([N+](=O)[O-])ccc1F. The number of sulfonamides is 1. The zero-order chi connectivity index (χ0) is 25.5. The summed E-state index contributed by atoms with van der Waals surface area (Å²) in [6.07, 6.45) is 2.21. The largest absolute Gasteiger partial charge is 0.331 e. The van der Waals surface area contributed by atoms with Gasteiger partial charge in [-0.2, -0.15) is 0 Å². The molecule has 12 heteroatoms. The van der Waals surface area contributed by atoms with Crippen molar-refractivity contribution >= 4 is 32.5 Å². The van der Waals surface area contributed by atoms with E-state index in [4.69, 9.17) is 0 Å². The lowest BCUT2D eigenvalue weighted by Gasteiger charge is -2.13. The van der Waals surface area contributed by atoms with E-state index in [9.17, 15) is 32.5 Å². The number of carbonyl (C=O) groups excluding carboxylic acids is 1. The summed E-state index contributed by atoms with van der Waals surface area (Å²) in [7, 11) is -4.00. The van der Waals surface area contributed by atoms with Gasteiger partial charge in [0.15, 0.2) is 0 Å². The molecule has 35 heavy (non-hydrogen) atoms. The maximum atomic E-state index is 14.7. The Balaban J connectivity index is 2.09. The molecule has 1 amide bonds. The summed E-state index contributed by atoms with van der Waals surface area (Å²) in [5.41, 5.74) is 0.256. The summed E-state index contributed by atoms with van der Waals surface area (Å²) in [6, 6.07) is 11.1. The Morgan fingerprint density at radius 2 is 1.94 bits per heavy atom. The third-order valence-corrected chi connectivity index (χ3v) is 5.92. The van der Waals surface area contributed by atoms with E-state index in [1.54, 1.807) is 31.2 Å². The highest BCUT2D eigenvalue weighted by molar-refractivity contribution is 7.89. The lowest BCUT2D eigenvalue weighted by Crippen LogP contribution is -2.32. The molecule has 0 unspecified atom stereocenters. The Hall–Kier alpha value is -4.32. The van der Waals surface area contributed by atoms with Crippen LogP contribution in [-0.2, 0) is 16.6 Å². The molecule has 0 saturated heterocycles. The summed E-state index contributed by atoms with van der Waals surface area (Å²) in [5.74, 6) is -1.79. The van der Waals surface area contributed by atoms with Gasteiger partial charge in [-0.15, -0.1) is 0 Å². The van der Waals surface area contributed by atoms with E-state index in [1.807, 2.05) is 4.72 Å². The molecule has 2 aromatic heterocycles. The highest BCUT2D eigenvalue weighted by Gasteiger charge is 2.28. The lowest BCUT2D eigenvalue weighted by molar-refractivity contribution is -0.385. The lowest BCUT2D eigenvalue weighted by atomic mass is 10.0. The fourth-order valence-electron chi connectivity index (χ4n) is 3.94. The minimum absolute atomic E-state index is 0.0972. The zero-order valence-corrected chi connectivity index (χ0v) is 19.3. The number of nitrogens with zero attached hydrogens (tertiary/aromatic N) is 2. The number of nitro benzene ring substituents is 1. The van der Waals surface area contributed by atoms with E-state index in [0.717, 1.165) is 30.0 Å². The number of hydrogen-bond donors (Lipinski definition) is 2. The number of hydrogen-bond acceptors (Lipinski definition) is 6. The number of nitro groups is 1. The van der Waals surface area contributed by atoms with E-state index in [2.05, 4.69) is 4.98 Å². The number of aromatic nitrogens is 2. The zero-order valence-electron chi connectivity index (χ0n) is 18.5. The van der Waals surface area contributed by atoms with Gasteiger partial charge in [0.2, 0.25) is 10.0 Å². The smallest absolute Gasteiger partial charge is 0.282 e. The van der Waals surface area contributed by atoms with Crippen LogP contribution in [-0.4, -0.2) is 35.1 Å². The molecule has 0 aliphatic carbocycles. The van der Waals surface area contributed by atoms with Crippen LogP contribution in [0.25, 0.3) is 22.0 Å². The van der Waals surface area contributed by atoms with Crippen molar-refractivity contribution in [3.8, 4) is 11.1 Å². The Morgan fingerprint density at radius 1 is 1.20 bits per heavy atom. The summed E-state index contributed by atoms with van der Waals surface area (Å²) in [4.78, 5) is 39.1. The minimum Gasteiger partial charge on any atom is -0.331 e. The van der Waals surface area contributed by atoms with Gasteiger partial charge in [-0.25, -0.2) is 17.5 Å². The number of H-pyrrole nitrogens is 1. The first-order chi connectivity index (χ1) is 16.5. The average molecular weight is 498 g/mol. The number of fused-ring (bicyclic) bond motifs is 1. The second-order valence-corrected chi connectivity index (χ2v) is 9.73. The van der Waals surface area contributed by atoms with Crippen molar-refractivity contribution in [1.29, 1.82) is 0 Å². The first-order valence-electron chi connectivity index (χ1n) is 10.2. The number of aryl methyl sites for hydroxylation is 1. The molecule has 2 N–H and O–H groups in total. The molecule has 2 aromatic carbocycles. The molecule has 0 radical (unpaired) electrons. The first-order valence-corrected chi connectivity index (χ1v) is 12.1. The Bertz CT molecular complexity index is 1670. The van der Waals surface area contributed by atoms with Gasteiger partial charge in [0.25, 0.3) is 17.2 Å². The van der Waals surface area contributed by atoms with Crippen molar-refractivity contribution in [1.82, 2.24) is 14.3 Å². The van der Waals surface area contributed by atoms with Crippen molar-refractivity contribution < 1.29 is 22.5 Å². The van der Waals surface area contributed by atoms with Gasteiger partial charge in [0, 0.05) is 45.9 Å². The second-order valence-electron chi connectivity index (χ2n) is 7.98. The number of non-ortho nitro benzene ring substituents is 1. The molecule has 4 aromatic rings. The van der Waals surface area contributed by atoms with E-state index < -0.39 is 32.2 Å². The van der Waals surface area contributed by atoms with Crippen LogP contribution in [0.5, 0.6) is 0 Å². The normalized spacial score (nSPS) is 11.5. The van der Waals surface area contributed by atoms with Crippen LogP contribution in [0.4, 0.5) is 10.1 Å². The topological polar surface area (TPSA) is 144 Å². The highest BCUT2D eigenvalue weighted by Crippen LogP contribution is 2.35. The first kappa shape index (κ1) is 23.8. The summed E-state index contributed by atoms with van der Waals surface area (Å²) in [5, 5.41) is 11.7. The van der Waals surface area contributed by atoms with E-state index in [0.29, 0.717) is 10.9 Å². The molecular weight excluding hydrogens is 479 g/mol. The Labute approximate surface area is 198 Å². The number of carbonyl (C=O) groups is 1. The van der Waals surface area contributed by atoms with E-state index >= 15 is 0 Å². The van der Waals surface area contributed by atoms with Crippen LogP contribution in [0.15, 0.2) is 59.5 Å². The monoisotopic (exact) mass is 498 g/mol. The van der Waals surface area contributed by atoms with Gasteiger partial charge in [0.1, 0.15) is 11.5 Å². The van der Waals surface area contributed by atoms with Gasteiger partial charge in [-0.1, -0.05) is 11.6 Å². The third kappa shape index (κ3) is 4.68. The van der Waals surface area contributed by atoms with Gasteiger partial charge in [-0.05, 0) is 37.3 Å². The number of aromatic amines is 1.